The Balaban J connectivity index is 2.05. The van der Waals surface area contributed by atoms with Gasteiger partial charge in [0.05, 0.1) is 0 Å². The Morgan fingerprint density at radius 1 is 1.41 bits per heavy atom. The van der Waals surface area contributed by atoms with Crippen LogP contribution in [0.25, 0.3) is 11.4 Å². The Kier molecular flexibility index (Phi) is 2.44. The number of nitrogens with zero attached hydrogens (tertiary/aromatic N) is 2. The summed E-state index contributed by atoms with van der Waals surface area (Å²) >= 11 is 0. The molecule has 1 aromatic heterocycles. The predicted octanol–water partition coefficient (Wildman–Crippen LogP) is 1.96. The minimum Gasteiger partial charge on any atom is -0.328 e. The molecular formula is C13H14FN3. The molecule has 0 saturated heterocycles. The average Bonchev–Trinajstić information content (AvgIpc) is 2.71. The molecule has 0 saturated carbocycles. The van der Waals surface area contributed by atoms with Gasteiger partial charge in [-0.15, -0.1) is 0 Å². The van der Waals surface area contributed by atoms with Crippen LogP contribution in [0.2, 0.25) is 0 Å². The number of imidazole rings is 1. The molecule has 2 aromatic rings. The van der Waals surface area contributed by atoms with Crippen LogP contribution in [-0.4, -0.2) is 15.6 Å². The van der Waals surface area contributed by atoms with Gasteiger partial charge in [0.25, 0.3) is 0 Å². The summed E-state index contributed by atoms with van der Waals surface area (Å²) in [5.41, 5.74) is 7.89. The molecule has 1 aromatic carbocycles. The molecule has 3 nitrogen and oxygen atoms in total. The Morgan fingerprint density at radius 2 is 2.29 bits per heavy atom. The number of benzene rings is 1. The second kappa shape index (κ2) is 3.96. The van der Waals surface area contributed by atoms with Crippen LogP contribution in [0.1, 0.15) is 12.1 Å². The summed E-state index contributed by atoms with van der Waals surface area (Å²) in [4.78, 5) is 4.38. The van der Waals surface area contributed by atoms with Gasteiger partial charge in [0.1, 0.15) is 11.6 Å². The van der Waals surface area contributed by atoms with Crippen LogP contribution < -0.4 is 5.73 Å². The van der Waals surface area contributed by atoms with Crippen molar-refractivity contribution in [2.45, 2.75) is 25.4 Å². The second-order valence-corrected chi connectivity index (χ2v) is 4.49. The Hall–Kier alpha value is -1.68. The molecular weight excluding hydrogens is 217 g/mol. The van der Waals surface area contributed by atoms with Crippen molar-refractivity contribution in [1.82, 2.24) is 9.55 Å². The van der Waals surface area contributed by atoms with Crippen LogP contribution in [0.5, 0.6) is 0 Å². The third-order valence-corrected chi connectivity index (χ3v) is 3.22. The maximum atomic E-state index is 13.2. The van der Waals surface area contributed by atoms with E-state index in [2.05, 4.69) is 9.55 Å². The van der Waals surface area contributed by atoms with Gasteiger partial charge in [-0.3, -0.25) is 0 Å². The molecule has 3 rings (SSSR count). The van der Waals surface area contributed by atoms with E-state index in [-0.39, 0.29) is 11.9 Å². The minimum absolute atomic E-state index is 0.222. The van der Waals surface area contributed by atoms with Crippen molar-refractivity contribution in [3.63, 3.8) is 0 Å². The first kappa shape index (κ1) is 10.5. The molecule has 88 valence electrons. The number of rotatable bonds is 1. The molecule has 0 fully saturated rings. The molecule has 0 aliphatic carbocycles. The number of nitrogens with two attached hydrogens (primary N) is 1. The molecule has 0 spiro atoms. The Labute approximate surface area is 99.1 Å². The predicted molar refractivity (Wildman–Crippen MR) is 63.9 cm³/mol. The molecule has 1 aliphatic rings. The maximum Gasteiger partial charge on any atom is 0.140 e. The molecule has 4 heteroatoms. The lowest BCUT2D eigenvalue weighted by molar-refractivity contribution is 0.474. The zero-order chi connectivity index (χ0) is 11.8. The molecule has 0 amide bonds. The summed E-state index contributed by atoms with van der Waals surface area (Å²) in [6, 6.07) is 6.78. The van der Waals surface area contributed by atoms with Crippen LogP contribution in [0.3, 0.4) is 0 Å². The van der Waals surface area contributed by atoms with Crippen molar-refractivity contribution >= 4 is 0 Å². The summed E-state index contributed by atoms with van der Waals surface area (Å²) < 4.78 is 15.3. The van der Waals surface area contributed by atoms with Crippen LogP contribution in [0.15, 0.2) is 30.5 Å². The molecule has 0 bridgehead atoms. The highest BCUT2D eigenvalue weighted by Gasteiger charge is 2.19. The van der Waals surface area contributed by atoms with Gasteiger partial charge in [0.2, 0.25) is 0 Å². The molecule has 1 atom stereocenters. The van der Waals surface area contributed by atoms with Crippen LogP contribution >= 0.6 is 0 Å². The number of fused-ring (bicyclic) bond motifs is 1. The van der Waals surface area contributed by atoms with E-state index >= 15 is 0 Å². The number of halogens is 1. The van der Waals surface area contributed by atoms with E-state index < -0.39 is 0 Å². The molecule has 1 unspecified atom stereocenters. The van der Waals surface area contributed by atoms with Gasteiger partial charge in [0.15, 0.2) is 0 Å². The molecule has 2 heterocycles. The lowest BCUT2D eigenvalue weighted by Gasteiger charge is -2.21. The minimum atomic E-state index is -0.229. The summed E-state index contributed by atoms with van der Waals surface area (Å²) in [7, 11) is 0. The molecule has 0 radical (unpaired) electrons. The van der Waals surface area contributed by atoms with E-state index in [1.807, 2.05) is 12.3 Å². The topological polar surface area (TPSA) is 43.8 Å². The fraction of sp³-hybridized carbons (Fsp3) is 0.308. The normalized spacial score (nSPS) is 19.1. The zero-order valence-corrected chi connectivity index (χ0v) is 9.44. The average molecular weight is 231 g/mol. The summed E-state index contributed by atoms with van der Waals surface area (Å²) in [5.74, 6) is 0.610. The highest BCUT2D eigenvalue weighted by Crippen LogP contribution is 2.24. The Bertz CT molecular complexity index is 547. The van der Waals surface area contributed by atoms with E-state index in [4.69, 9.17) is 5.73 Å². The fourth-order valence-corrected chi connectivity index (χ4v) is 2.35. The number of aromatic nitrogens is 2. The first-order chi connectivity index (χ1) is 8.24. The molecule has 2 N–H and O–H groups in total. The maximum absolute atomic E-state index is 13.2. The molecule has 17 heavy (non-hydrogen) atoms. The highest BCUT2D eigenvalue weighted by molar-refractivity contribution is 5.56. The summed E-state index contributed by atoms with van der Waals surface area (Å²) in [5, 5.41) is 0. The second-order valence-electron chi connectivity index (χ2n) is 4.49. The first-order valence-electron chi connectivity index (χ1n) is 5.80. The Morgan fingerprint density at radius 3 is 3.12 bits per heavy atom. The smallest absolute Gasteiger partial charge is 0.140 e. The third-order valence-electron chi connectivity index (χ3n) is 3.22. The van der Waals surface area contributed by atoms with Crippen molar-refractivity contribution in [3.8, 4) is 11.4 Å². The molecule has 1 aliphatic heterocycles. The number of hydrogen-bond donors (Lipinski definition) is 1. The SMILES string of the molecule is NC1CCn2c(cnc2-c2cccc(F)c2)C1. The summed E-state index contributed by atoms with van der Waals surface area (Å²) in [6.07, 6.45) is 3.65. The van der Waals surface area contributed by atoms with Gasteiger partial charge in [-0.05, 0) is 18.6 Å². The highest BCUT2D eigenvalue weighted by atomic mass is 19.1. The van der Waals surface area contributed by atoms with Gasteiger partial charge in [-0.1, -0.05) is 12.1 Å². The van der Waals surface area contributed by atoms with E-state index in [1.54, 1.807) is 6.07 Å². The van der Waals surface area contributed by atoms with Gasteiger partial charge in [-0.2, -0.15) is 0 Å². The van der Waals surface area contributed by atoms with E-state index in [0.717, 1.165) is 36.5 Å². The van der Waals surface area contributed by atoms with Crippen LogP contribution in [0.4, 0.5) is 4.39 Å². The third kappa shape index (κ3) is 1.85. The van der Waals surface area contributed by atoms with Gasteiger partial charge >= 0.3 is 0 Å². The van der Waals surface area contributed by atoms with Crippen molar-refractivity contribution in [2.75, 3.05) is 0 Å². The van der Waals surface area contributed by atoms with Crippen molar-refractivity contribution in [1.29, 1.82) is 0 Å². The van der Waals surface area contributed by atoms with Gasteiger partial charge in [-0.25, -0.2) is 9.37 Å². The monoisotopic (exact) mass is 231 g/mol. The van der Waals surface area contributed by atoms with E-state index in [0.29, 0.717) is 0 Å². The van der Waals surface area contributed by atoms with Crippen LogP contribution in [0, 0.1) is 5.82 Å². The number of hydrogen-bond acceptors (Lipinski definition) is 2. The first-order valence-corrected chi connectivity index (χ1v) is 5.80. The standard InChI is InChI=1S/C13H14FN3/c14-10-3-1-2-9(6-10)13-16-8-12-7-11(15)4-5-17(12)13/h1-3,6,8,11H,4-5,7,15H2. The van der Waals surface area contributed by atoms with Crippen molar-refractivity contribution < 1.29 is 4.39 Å². The summed E-state index contributed by atoms with van der Waals surface area (Å²) in [6.45, 7) is 0.863. The quantitative estimate of drug-likeness (QED) is 0.815. The van der Waals surface area contributed by atoms with Crippen molar-refractivity contribution in [2.24, 2.45) is 5.73 Å². The zero-order valence-electron chi connectivity index (χ0n) is 9.44. The van der Waals surface area contributed by atoms with Crippen molar-refractivity contribution in [3.05, 3.63) is 42.0 Å². The van der Waals surface area contributed by atoms with Gasteiger partial charge < -0.3 is 10.3 Å². The lowest BCUT2D eigenvalue weighted by atomic mass is 10.1. The largest absolute Gasteiger partial charge is 0.328 e. The van der Waals surface area contributed by atoms with E-state index in [1.165, 1.54) is 12.1 Å². The lowest BCUT2D eigenvalue weighted by Crippen LogP contribution is -2.30. The fourth-order valence-electron chi connectivity index (χ4n) is 2.35. The van der Waals surface area contributed by atoms with Gasteiger partial charge in [0, 0.05) is 36.5 Å². The van der Waals surface area contributed by atoms with Crippen LogP contribution in [-0.2, 0) is 13.0 Å². The van der Waals surface area contributed by atoms with E-state index in [9.17, 15) is 4.39 Å².